The van der Waals surface area contributed by atoms with E-state index in [1.165, 1.54) is 25.7 Å². The largest absolute Gasteiger partial charge is 0.355 e. The number of hydrogen-bond acceptors (Lipinski definition) is 2. The summed E-state index contributed by atoms with van der Waals surface area (Å²) >= 11 is 0. The van der Waals surface area contributed by atoms with Gasteiger partial charge in [-0.1, -0.05) is 26.2 Å². The van der Waals surface area contributed by atoms with Crippen molar-refractivity contribution < 1.29 is 4.79 Å². The van der Waals surface area contributed by atoms with E-state index in [0.29, 0.717) is 6.04 Å². The zero-order valence-electron chi connectivity index (χ0n) is 10.3. The molecule has 1 aliphatic heterocycles. The van der Waals surface area contributed by atoms with Gasteiger partial charge in [-0.25, -0.2) is 0 Å². The first-order chi connectivity index (χ1) is 7.81. The molecule has 0 spiro atoms. The fourth-order valence-electron chi connectivity index (χ4n) is 3.03. The third-order valence-electron chi connectivity index (χ3n) is 4.01. The highest BCUT2D eigenvalue weighted by Crippen LogP contribution is 2.33. The van der Waals surface area contributed by atoms with Crippen LogP contribution >= 0.6 is 0 Å². The lowest BCUT2D eigenvalue weighted by atomic mass is 9.85. The smallest absolute Gasteiger partial charge is 0.237 e. The van der Waals surface area contributed by atoms with E-state index in [-0.39, 0.29) is 11.9 Å². The molecule has 3 heteroatoms. The molecule has 3 unspecified atom stereocenters. The van der Waals surface area contributed by atoms with Crippen molar-refractivity contribution >= 4 is 5.91 Å². The first kappa shape index (κ1) is 11.9. The molecule has 0 aromatic heterocycles. The lowest BCUT2D eigenvalue weighted by Crippen LogP contribution is -2.43. The number of carbonyl (C=O) groups excluding carboxylic acids is 1. The summed E-state index contributed by atoms with van der Waals surface area (Å²) in [4.78, 5) is 11.9. The van der Waals surface area contributed by atoms with Gasteiger partial charge in [0.15, 0.2) is 0 Å². The predicted octanol–water partition coefficient (Wildman–Crippen LogP) is 1.82. The molecule has 0 aromatic rings. The highest BCUT2D eigenvalue weighted by molar-refractivity contribution is 5.82. The van der Waals surface area contributed by atoms with Gasteiger partial charge in [0, 0.05) is 12.6 Å². The molecule has 1 saturated heterocycles. The fourth-order valence-corrected chi connectivity index (χ4v) is 3.03. The van der Waals surface area contributed by atoms with Gasteiger partial charge in [-0.05, 0) is 31.6 Å². The van der Waals surface area contributed by atoms with E-state index in [4.69, 9.17) is 0 Å². The molecule has 3 nitrogen and oxygen atoms in total. The van der Waals surface area contributed by atoms with Crippen LogP contribution in [-0.2, 0) is 4.79 Å². The maximum Gasteiger partial charge on any atom is 0.237 e. The third kappa shape index (κ3) is 2.76. The summed E-state index contributed by atoms with van der Waals surface area (Å²) in [5, 5.41) is 6.54. The number of hydrogen-bond donors (Lipinski definition) is 2. The molecule has 1 aliphatic carbocycles. The van der Waals surface area contributed by atoms with Crippen molar-refractivity contribution in [3.63, 3.8) is 0 Å². The predicted molar refractivity (Wildman–Crippen MR) is 65.2 cm³/mol. The Balaban J connectivity index is 1.76. The Morgan fingerprint density at radius 2 is 2.19 bits per heavy atom. The molecule has 0 aromatic carbocycles. The lowest BCUT2D eigenvalue weighted by Gasteiger charge is -2.24. The SMILES string of the molecule is CCCCNC(=O)C1CC2CCCCC2N1. The molecule has 2 N–H and O–H groups in total. The van der Waals surface area contributed by atoms with Gasteiger partial charge < -0.3 is 10.6 Å². The maximum absolute atomic E-state index is 11.9. The topological polar surface area (TPSA) is 41.1 Å². The highest BCUT2D eigenvalue weighted by atomic mass is 16.2. The summed E-state index contributed by atoms with van der Waals surface area (Å²) in [6.07, 6.45) is 8.56. The molecule has 3 atom stereocenters. The lowest BCUT2D eigenvalue weighted by molar-refractivity contribution is -0.122. The van der Waals surface area contributed by atoms with Gasteiger partial charge in [0.1, 0.15) is 0 Å². The average molecular weight is 224 g/mol. The van der Waals surface area contributed by atoms with Crippen LogP contribution in [0.2, 0.25) is 0 Å². The van der Waals surface area contributed by atoms with Gasteiger partial charge in [0.05, 0.1) is 6.04 Å². The number of rotatable bonds is 4. The fraction of sp³-hybridized carbons (Fsp3) is 0.923. The summed E-state index contributed by atoms with van der Waals surface area (Å²) in [5.74, 6) is 0.985. The normalized spacial score (nSPS) is 33.4. The van der Waals surface area contributed by atoms with Crippen molar-refractivity contribution in [3.05, 3.63) is 0 Å². The zero-order valence-corrected chi connectivity index (χ0v) is 10.3. The summed E-state index contributed by atoms with van der Waals surface area (Å²) in [6, 6.07) is 0.709. The molecule has 1 amide bonds. The van der Waals surface area contributed by atoms with Crippen LogP contribution in [0.1, 0.15) is 51.9 Å². The van der Waals surface area contributed by atoms with E-state index in [2.05, 4.69) is 17.6 Å². The molecule has 1 heterocycles. The van der Waals surface area contributed by atoms with Gasteiger partial charge in [0.2, 0.25) is 5.91 Å². The van der Waals surface area contributed by atoms with Crippen LogP contribution in [-0.4, -0.2) is 24.5 Å². The Kier molecular flexibility index (Phi) is 4.22. The highest BCUT2D eigenvalue weighted by Gasteiger charge is 2.37. The Labute approximate surface area is 98.4 Å². The van der Waals surface area contributed by atoms with Gasteiger partial charge in [-0.15, -0.1) is 0 Å². The Bertz CT molecular complexity index is 228. The van der Waals surface area contributed by atoms with E-state index >= 15 is 0 Å². The van der Waals surface area contributed by atoms with Crippen LogP contribution in [0.25, 0.3) is 0 Å². The molecule has 2 fully saturated rings. The number of unbranched alkanes of at least 4 members (excludes halogenated alkanes) is 1. The van der Waals surface area contributed by atoms with Crippen molar-refractivity contribution in [2.75, 3.05) is 6.54 Å². The van der Waals surface area contributed by atoms with Crippen LogP contribution in [0.3, 0.4) is 0 Å². The molecular formula is C13H24N2O. The first-order valence-corrected chi connectivity index (χ1v) is 6.85. The molecule has 1 saturated carbocycles. The second kappa shape index (κ2) is 5.67. The molecular weight excluding hydrogens is 200 g/mol. The number of carbonyl (C=O) groups is 1. The van der Waals surface area contributed by atoms with Crippen LogP contribution in [0.15, 0.2) is 0 Å². The second-order valence-electron chi connectivity index (χ2n) is 5.25. The Morgan fingerprint density at radius 1 is 1.38 bits per heavy atom. The Morgan fingerprint density at radius 3 is 2.94 bits per heavy atom. The van der Waals surface area contributed by atoms with Crippen molar-refractivity contribution in [3.8, 4) is 0 Å². The minimum absolute atomic E-state index is 0.0879. The van der Waals surface area contributed by atoms with Crippen LogP contribution in [0, 0.1) is 5.92 Å². The minimum Gasteiger partial charge on any atom is -0.355 e. The molecule has 0 radical (unpaired) electrons. The molecule has 2 aliphatic rings. The summed E-state index contributed by atoms with van der Waals surface area (Å²) in [7, 11) is 0. The van der Waals surface area contributed by atoms with E-state index < -0.39 is 0 Å². The second-order valence-corrected chi connectivity index (χ2v) is 5.25. The van der Waals surface area contributed by atoms with Crippen molar-refractivity contribution in [1.29, 1.82) is 0 Å². The van der Waals surface area contributed by atoms with Gasteiger partial charge in [-0.3, -0.25) is 4.79 Å². The molecule has 0 bridgehead atoms. The van der Waals surface area contributed by atoms with E-state index in [9.17, 15) is 4.79 Å². The molecule has 2 rings (SSSR count). The Hall–Kier alpha value is -0.570. The van der Waals surface area contributed by atoms with E-state index in [1.807, 2.05) is 0 Å². The van der Waals surface area contributed by atoms with Crippen molar-refractivity contribution in [2.24, 2.45) is 5.92 Å². The zero-order chi connectivity index (χ0) is 11.4. The first-order valence-electron chi connectivity index (χ1n) is 6.85. The minimum atomic E-state index is 0.0879. The monoisotopic (exact) mass is 224 g/mol. The van der Waals surface area contributed by atoms with Crippen molar-refractivity contribution in [2.45, 2.75) is 64.0 Å². The summed E-state index contributed by atoms with van der Waals surface area (Å²) < 4.78 is 0. The van der Waals surface area contributed by atoms with Gasteiger partial charge in [0.25, 0.3) is 0 Å². The maximum atomic E-state index is 11.9. The number of fused-ring (bicyclic) bond motifs is 1. The van der Waals surface area contributed by atoms with Gasteiger partial charge >= 0.3 is 0 Å². The summed E-state index contributed by atoms with van der Waals surface area (Å²) in [5.41, 5.74) is 0. The summed E-state index contributed by atoms with van der Waals surface area (Å²) in [6.45, 7) is 2.98. The number of nitrogens with one attached hydrogen (secondary N) is 2. The number of amides is 1. The standard InChI is InChI=1S/C13H24N2O/c1-2-3-8-14-13(16)12-9-10-6-4-5-7-11(10)15-12/h10-12,15H,2-9H2,1H3,(H,14,16). The van der Waals surface area contributed by atoms with Crippen LogP contribution < -0.4 is 10.6 Å². The average Bonchev–Trinajstić information content (AvgIpc) is 2.73. The van der Waals surface area contributed by atoms with Gasteiger partial charge in [-0.2, -0.15) is 0 Å². The quantitative estimate of drug-likeness (QED) is 0.715. The van der Waals surface area contributed by atoms with Crippen LogP contribution in [0.4, 0.5) is 0 Å². The van der Waals surface area contributed by atoms with E-state index in [1.54, 1.807) is 0 Å². The third-order valence-corrected chi connectivity index (χ3v) is 4.01. The van der Waals surface area contributed by atoms with E-state index in [0.717, 1.165) is 31.7 Å². The molecule has 16 heavy (non-hydrogen) atoms. The molecule has 92 valence electrons. The van der Waals surface area contributed by atoms with Crippen molar-refractivity contribution in [1.82, 2.24) is 10.6 Å². The van der Waals surface area contributed by atoms with Crippen LogP contribution in [0.5, 0.6) is 0 Å².